The van der Waals surface area contributed by atoms with Gasteiger partial charge >= 0.3 is 5.97 Å². The van der Waals surface area contributed by atoms with Gasteiger partial charge in [0.15, 0.2) is 6.61 Å². The minimum Gasteiger partial charge on any atom is -0.455 e. The normalized spacial score (nSPS) is 23.3. The molecule has 0 radical (unpaired) electrons. The second kappa shape index (κ2) is 10.7. The molecule has 0 spiro atoms. The first-order chi connectivity index (χ1) is 17.5. The number of carbonyl (C=O) groups is 2. The molecule has 3 aliphatic rings. The number of benzene rings is 2. The van der Waals surface area contributed by atoms with Crippen LogP contribution in [-0.2, 0) is 14.3 Å². The molecule has 1 aliphatic heterocycles. The molecule has 2 aliphatic carbocycles. The summed E-state index contributed by atoms with van der Waals surface area (Å²) in [6.45, 7) is -0.368. The maximum atomic E-state index is 13.7. The molecule has 1 heterocycles. The van der Waals surface area contributed by atoms with Crippen molar-refractivity contribution >= 4 is 23.7 Å². The molecule has 2 atom stereocenters. The predicted molar refractivity (Wildman–Crippen MR) is 133 cm³/mol. The van der Waals surface area contributed by atoms with Crippen LogP contribution in [0.5, 0.6) is 0 Å². The SMILES string of the molecule is O=C(OCC(=O)N1N=C2C(=Cc3ccc(F)cc3)CCCC2C1c1ccc(F)cc1)C1CCCCC1. The van der Waals surface area contributed by atoms with Crippen LogP contribution < -0.4 is 0 Å². The molecule has 0 saturated heterocycles. The first kappa shape index (κ1) is 24.3. The Morgan fingerprint density at radius 2 is 1.58 bits per heavy atom. The van der Waals surface area contributed by atoms with E-state index in [0.29, 0.717) is 0 Å². The Morgan fingerprint density at radius 3 is 2.28 bits per heavy atom. The lowest BCUT2D eigenvalue weighted by Gasteiger charge is -2.29. The molecule has 2 aromatic rings. The Hall–Kier alpha value is -3.35. The maximum Gasteiger partial charge on any atom is 0.309 e. The van der Waals surface area contributed by atoms with Crippen molar-refractivity contribution in [2.24, 2.45) is 16.9 Å². The van der Waals surface area contributed by atoms with Gasteiger partial charge in [-0.2, -0.15) is 5.10 Å². The number of amides is 1. The molecule has 5 rings (SSSR count). The highest BCUT2D eigenvalue weighted by molar-refractivity contribution is 6.08. The summed E-state index contributed by atoms with van der Waals surface area (Å²) in [7, 11) is 0. The van der Waals surface area contributed by atoms with Crippen LogP contribution in [0.1, 0.15) is 68.5 Å². The molecule has 5 nitrogen and oxygen atoms in total. The summed E-state index contributed by atoms with van der Waals surface area (Å²) >= 11 is 0. The van der Waals surface area contributed by atoms with E-state index in [1.165, 1.54) is 29.3 Å². The third-order valence-corrected chi connectivity index (χ3v) is 7.46. The molecule has 188 valence electrons. The summed E-state index contributed by atoms with van der Waals surface area (Å²) in [5.74, 6) is -1.56. The molecule has 36 heavy (non-hydrogen) atoms. The van der Waals surface area contributed by atoms with Crippen LogP contribution in [0, 0.1) is 23.5 Å². The number of hydrogen-bond donors (Lipinski definition) is 0. The standard InChI is InChI=1S/C29H30F2N2O3/c30-23-13-9-19(10-14-23)17-22-7-4-8-25-27(22)32-33(28(25)20-11-15-24(31)16-12-20)26(34)18-36-29(35)21-5-2-1-3-6-21/h9-17,21,25,28H,1-8,18H2. The molecule has 1 amide bonds. The molecule has 7 heteroatoms. The van der Waals surface area contributed by atoms with Crippen molar-refractivity contribution in [3.8, 4) is 0 Å². The molecule has 2 unspecified atom stereocenters. The summed E-state index contributed by atoms with van der Waals surface area (Å²) in [5, 5.41) is 6.17. The summed E-state index contributed by atoms with van der Waals surface area (Å²) in [6, 6.07) is 12.0. The van der Waals surface area contributed by atoms with Crippen molar-refractivity contribution in [3.05, 3.63) is 76.9 Å². The molecule has 2 saturated carbocycles. The average Bonchev–Trinajstić information content (AvgIpc) is 3.30. The lowest BCUT2D eigenvalue weighted by molar-refractivity contribution is -0.157. The monoisotopic (exact) mass is 492 g/mol. The van der Waals surface area contributed by atoms with Gasteiger partial charge in [0.2, 0.25) is 0 Å². The van der Waals surface area contributed by atoms with E-state index < -0.39 is 11.9 Å². The van der Waals surface area contributed by atoms with E-state index in [1.807, 2.05) is 6.08 Å². The minimum absolute atomic E-state index is 0.0612. The number of ether oxygens (including phenoxy) is 1. The topological polar surface area (TPSA) is 59.0 Å². The molecule has 2 aromatic carbocycles. The van der Waals surface area contributed by atoms with Crippen molar-refractivity contribution in [3.63, 3.8) is 0 Å². The fraction of sp³-hybridized carbons (Fsp3) is 0.414. The summed E-state index contributed by atoms with van der Waals surface area (Å²) in [5.41, 5.74) is 3.46. The number of halogens is 2. The highest BCUT2D eigenvalue weighted by Gasteiger charge is 2.44. The predicted octanol–water partition coefficient (Wildman–Crippen LogP) is 6.21. The van der Waals surface area contributed by atoms with Gasteiger partial charge in [0.25, 0.3) is 5.91 Å². The van der Waals surface area contributed by atoms with E-state index in [-0.39, 0.29) is 36.0 Å². The van der Waals surface area contributed by atoms with E-state index in [2.05, 4.69) is 0 Å². The largest absolute Gasteiger partial charge is 0.455 e. The van der Waals surface area contributed by atoms with Crippen LogP contribution in [0.25, 0.3) is 6.08 Å². The van der Waals surface area contributed by atoms with Gasteiger partial charge in [-0.25, -0.2) is 13.8 Å². The molecule has 0 bridgehead atoms. The fourth-order valence-electron chi connectivity index (χ4n) is 5.62. The van der Waals surface area contributed by atoms with Crippen LogP contribution >= 0.6 is 0 Å². The van der Waals surface area contributed by atoms with E-state index in [1.54, 1.807) is 24.3 Å². The van der Waals surface area contributed by atoms with Gasteiger partial charge in [-0.05, 0) is 79.1 Å². The van der Waals surface area contributed by atoms with Gasteiger partial charge in [-0.1, -0.05) is 43.5 Å². The lowest BCUT2D eigenvalue weighted by Crippen LogP contribution is -2.35. The average molecular weight is 493 g/mol. The number of rotatable bonds is 5. The highest BCUT2D eigenvalue weighted by atomic mass is 19.1. The molecular formula is C29H30F2N2O3. The van der Waals surface area contributed by atoms with Crippen LogP contribution in [0.15, 0.2) is 59.2 Å². The first-order valence-corrected chi connectivity index (χ1v) is 12.8. The lowest BCUT2D eigenvalue weighted by atomic mass is 9.77. The number of esters is 1. The number of fused-ring (bicyclic) bond motifs is 1. The van der Waals surface area contributed by atoms with E-state index in [9.17, 15) is 18.4 Å². The zero-order chi connectivity index (χ0) is 25.1. The zero-order valence-electron chi connectivity index (χ0n) is 20.2. The molecular weight excluding hydrogens is 462 g/mol. The second-order valence-electron chi connectivity index (χ2n) is 9.88. The first-order valence-electron chi connectivity index (χ1n) is 12.8. The third kappa shape index (κ3) is 5.25. The number of carbonyl (C=O) groups excluding carboxylic acids is 2. The molecule has 0 N–H and O–H groups in total. The van der Waals surface area contributed by atoms with Gasteiger partial charge in [0.05, 0.1) is 17.7 Å². The summed E-state index contributed by atoms with van der Waals surface area (Å²) in [4.78, 5) is 25.9. The van der Waals surface area contributed by atoms with E-state index >= 15 is 0 Å². The highest BCUT2D eigenvalue weighted by Crippen LogP contribution is 2.44. The second-order valence-corrected chi connectivity index (χ2v) is 9.88. The zero-order valence-corrected chi connectivity index (χ0v) is 20.2. The Morgan fingerprint density at radius 1 is 0.917 bits per heavy atom. The van der Waals surface area contributed by atoms with Gasteiger partial charge in [0.1, 0.15) is 11.6 Å². The van der Waals surface area contributed by atoms with Crippen LogP contribution in [-0.4, -0.2) is 29.2 Å². The van der Waals surface area contributed by atoms with Crippen molar-refractivity contribution in [2.75, 3.05) is 6.61 Å². The van der Waals surface area contributed by atoms with Crippen LogP contribution in [0.4, 0.5) is 8.78 Å². The van der Waals surface area contributed by atoms with E-state index in [0.717, 1.165) is 73.8 Å². The van der Waals surface area contributed by atoms with Crippen LogP contribution in [0.3, 0.4) is 0 Å². The van der Waals surface area contributed by atoms with Gasteiger partial charge in [0, 0.05) is 5.92 Å². The Bertz CT molecular complexity index is 1170. The molecule has 2 fully saturated rings. The van der Waals surface area contributed by atoms with Crippen LogP contribution in [0.2, 0.25) is 0 Å². The van der Waals surface area contributed by atoms with Gasteiger partial charge < -0.3 is 4.74 Å². The Balaban J connectivity index is 1.41. The summed E-state index contributed by atoms with van der Waals surface area (Å²) in [6.07, 6.45) is 9.26. The third-order valence-electron chi connectivity index (χ3n) is 7.46. The van der Waals surface area contributed by atoms with Crippen molar-refractivity contribution in [1.82, 2.24) is 5.01 Å². The number of hydrogen-bond acceptors (Lipinski definition) is 4. The molecule has 0 aromatic heterocycles. The van der Waals surface area contributed by atoms with Crippen molar-refractivity contribution in [1.29, 1.82) is 0 Å². The van der Waals surface area contributed by atoms with Gasteiger partial charge in [-0.3, -0.25) is 9.59 Å². The van der Waals surface area contributed by atoms with Crippen molar-refractivity contribution < 1.29 is 23.1 Å². The Kier molecular flexibility index (Phi) is 7.25. The quantitative estimate of drug-likeness (QED) is 0.466. The Labute approximate surface area is 209 Å². The number of hydrazone groups is 1. The maximum absolute atomic E-state index is 13.7. The van der Waals surface area contributed by atoms with Crippen molar-refractivity contribution in [2.45, 2.75) is 57.4 Å². The summed E-state index contributed by atoms with van der Waals surface area (Å²) < 4.78 is 32.5. The smallest absolute Gasteiger partial charge is 0.309 e. The number of allylic oxidation sites excluding steroid dienone is 1. The fourth-order valence-corrected chi connectivity index (χ4v) is 5.62. The van der Waals surface area contributed by atoms with E-state index in [4.69, 9.17) is 9.84 Å². The number of nitrogens with zero attached hydrogens (tertiary/aromatic N) is 2. The minimum atomic E-state index is -0.404. The van der Waals surface area contributed by atoms with Gasteiger partial charge in [-0.15, -0.1) is 0 Å².